The number of carbonyl (C=O) groups is 1. The fourth-order valence-corrected chi connectivity index (χ4v) is 1.70. The standard InChI is InChI=1S/C13H17N5O2/c1-4-20-12-10(6-5-7-14-12)11(19)17-13-15-8-16-18(13)9(2)3/h5-9H,4H2,1-3H3,(H,15,16,17,19). The minimum absolute atomic E-state index is 0.105. The van der Waals surface area contributed by atoms with Crippen molar-refractivity contribution in [3.05, 3.63) is 30.2 Å². The van der Waals surface area contributed by atoms with Gasteiger partial charge in [0.2, 0.25) is 11.8 Å². The lowest BCUT2D eigenvalue weighted by Gasteiger charge is -2.11. The average molecular weight is 275 g/mol. The van der Waals surface area contributed by atoms with Gasteiger partial charge in [-0.2, -0.15) is 10.1 Å². The Kier molecular flexibility index (Phi) is 4.29. The topological polar surface area (TPSA) is 81.9 Å². The summed E-state index contributed by atoms with van der Waals surface area (Å²) in [5, 5.41) is 6.78. The van der Waals surface area contributed by atoms with Gasteiger partial charge < -0.3 is 4.74 Å². The minimum Gasteiger partial charge on any atom is -0.477 e. The van der Waals surface area contributed by atoms with Crippen molar-refractivity contribution in [3.63, 3.8) is 0 Å². The van der Waals surface area contributed by atoms with Crippen LogP contribution in [0.4, 0.5) is 5.95 Å². The Morgan fingerprint density at radius 2 is 2.25 bits per heavy atom. The monoisotopic (exact) mass is 275 g/mol. The SMILES string of the molecule is CCOc1ncccc1C(=O)Nc1ncnn1C(C)C. The molecule has 0 aromatic carbocycles. The highest BCUT2D eigenvalue weighted by molar-refractivity contribution is 6.04. The number of nitrogens with zero attached hydrogens (tertiary/aromatic N) is 4. The van der Waals surface area contributed by atoms with Crippen LogP contribution in [0, 0.1) is 0 Å². The lowest BCUT2D eigenvalue weighted by molar-refractivity contribution is 0.102. The molecular formula is C13H17N5O2. The largest absolute Gasteiger partial charge is 0.477 e. The van der Waals surface area contributed by atoms with Gasteiger partial charge in [-0.3, -0.25) is 10.1 Å². The van der Waals surface area contributed by atoms with Crippen LogP contribution >= 0.6 is 0 Å². The summed E-state index contributed by atoms with van der Waals surface area (Å²) in [7, 11) is 0. The molecule has 20 heavy (non-hydrogen) atoms. The van der Waals surface area contributed by atoms with Crippen LogP contribution in [0.15, 0.2) is 24.7 Å². The van der Waals surface area contributed by atoms with E-state index >= 15 is 0 Å². The van der Waals surface area contributed by atoms with Crippen molar-refractivity contribution < 1.29 is 9.53 Å². The van der Waals surface area contributed by atoms with Crippen LogP contribution in [0.1, 0.15) is 37.2 Å². The molecule has 0 atom stereocenters. The van der Waals surface area contributed by atoms with Crippen molar-refractivity contribution in [3.8, 4) is 5.88 Å². The van der Waals surface area contributed by atoms with E-state index < -0.39 is 0 Å². The summed E-state index contributed by atoms with van der Waals surface area (Å²) in [6.45, 7) is 6.20. The van der Waals surface area contributed by atoms with Crippen LogP contribution in [-0.2, 0) is 0 Å². The second kappa shape index (κ2) is 6.14. The Morgan fingerprint density at radius 1 is 1.45 bits per heavy atom. The molecule has 7 heteroatoms. The number of aromatic nitrogens is 4. The molecule has 0 radical (unpaired) electrons. The summed E-state index contributed by atoms with van der Waals surface area (Å²) in [6, 6.07) is 3.45. The molecule has 2 rings (SSSR count). The van der Waals surface area contributed by atoms with Crippen molar-refractivity contribution in [1.29, 1.82) is 0 Å². The van der Waals surface area contributed by atoms with Crippen LogP contribution in [0.2, 0.25) is 0 Å². The predicted octanol–water partition coefficient (Wildman–Crippen LogP) is 1.90. The quantitative estimate of drug-likeness (QED) is 0.901. The van der Waals surface area contributed by atoms with Crippen molar-refractivity contribution in [2.75, 3.05) is 11.9 Å². The smallest absolute Gasteiger partial charge is 0.263 e. The molecule has 7 nitrogen and oxygen atoms in total. The van der Waals surface area contributed by atoms with Crippen LogP contribution in [0.3, 0.4) is 0 Å². The van der Waals surface area contributed by atoms with E-state index in [9.17, 15) is 4.79 Å². The van der Waals surface area contributed by atoms with Crippen molar-refractivity contribution >= 4 is 11.9 Å². The second-order valence-electron chi connectivity index (χ2n) is 4.37. The summed E-state index contributed by atoms with van der Waals surface area (Å²) < 4.78 is 6.97. The first-order valence-electron chi connectivity index (χ1n) is 6.42. The van der Waals surface area contributed by atoms with E-state index in [0.29, 0.717) is 24.0 Å². The molecule has 0 saturated heterocycles. The summed E-state index contributed by atoms with van der Waals surface area (Å²) in [6.07, 6.45) is 2.99. The molecule has 2 heterocycles. The Morgan fingerprint density at radius 3 is 2.95 bits per heavy atom. The highest BCUT2D eigenvalue weighted by atomic mass is 16.5. The normalized spacial score (nSPS) is 10.6. The van der Waals surface area contributed by atoms with Gasteiger partial charge in [-0.25, -0.2) is 9.67 Å². The molecule has 1 N–H and O–H groups in total. The van der Waals surface area contributed by atoms with E-state index in [0.717, 1.165) is 0 Å². The van der Waals surface area contributed by atoms with E-state index in [4.69, 9.17) is 4.74 Å². The van der Waals surface area contributed by atoms with E-state index in [1.54, 1.807) is 23.0 Å². The van der Waals surface area contributed by atoms with Gasteiger partial charge in [0.1, 0.15) is 11.9 Å². The van der Waals surface area contributed by atoms with Gasteiger partial charge in [-0.15, -0.1) is 0 Å². The third-order valence-electron chi connectivity index (χ3n) is 2.58. The first-order valence-corrected chi connectivity index (χ1v) is 6.42. The van der Waals surface area contributed by atoms with E-state index in [1.807, 2.05) is 20.8 Å². The van der Waals surface area contributed by atoms with E-state index in [-0.39, 0.29) is 11.9 Å². The molecule has 0 fully saturated rings. The van der Waals surface area contributed by atoms with Crippen LogP contribution in [0.25, 0.3) is 0 Å². The Hall–Kier alpha value is -2.44. The van der Waals surface area contributed by atoms with Crippen LogP contribution < -0.4 is 10.1 Å². The number of ether oxygens (including phenoxy) is 1. The number of anilines is 1. The Balaban J connectivity index is 2.22. The number of rotatable bonds is 5. The lowest BCUT2D eigenvalue weighted by atomic mass is 10.2. The van der Waals surface area contributed by atoms with Gasteiger partial charge in [-0.05, 0) is 32.9 Å². The maximum atomic E-state index is 12.3. The molecular weight excluding hydrogens is 258 g/mol. The molecule has 2 aromatic heterocycles. The third-order valence-corrected chi connectivity index (χ3v) is 2.58. The maximum Gasteiger partial charge on any atom is 0.263 e. The van der Waals surface area contributed by atoms with Gasteiger partial charge in [-0.1, -0.05) is 0 Å². The second-order valence-corrected chi connectivity index (χ2v) is 4.37. The number of hydrogen-bond acceptors (Lipinski definition) is 5. The molecule has 0 saturated carbocycles. The lowest BCUT2D eigenvalue weighted by Crippen LogP contribution is -2.18. The summed E-state index contributed by atoms with van der Waals surface area (Å²) in [5.74, 6) is 0.385. The molecule has 1 amide bonds. The van der Waals surface area contributed by atoms with Gasteiger partial charge >= 0.3 is 0 Å². The predicted molar refractivity (Wildman–Crippen MR) is 73.8 cm³/mol. The zero-order valence-electron chi connectivity index (χ0n) is 11.7. The fraction of sp³-hybridized carbons (Fsp3) is 0.385. The molecule has 0 aliphatic rings. The third kappa shape index (κ3) is 2.93. The Labute approximate surface area is 117 Å². The molecule has 2 aromatic rings. The van der Waals surface area contributed by atoms with E-state index in [1.165, 1.54) is 6.33 Å². The number of hydrogen-bond donors (Lipinski definition) is 1. The molecule has 0 bridgehead atoms. The van der Waals surface area contributed by atoms with Gasteiger partial charge in [0, 0.05) is 6.20 Å². The number of carbonyl (C=O) groups excluding carboxylic acids is 1. The molecule has 106 valence electrons. The van der Waals surface area contributed by atoms with Gasteiger partial charge in [0.05, 0.1) is 12.6 Å². The summed E-state index contributed by atoms with van der Waals surface area (Å²) >= 11 is 0. The first-order chi connectivity index (χ1) is 9.63. The van der Waals surface area contributed by atoms with Crippen molar-refractivity contribution in [2.45, 2.75) is 26.8 Å². The highest BCUT2D eigenvalue weighted by Gasteiger charge is 2.16. The molecule has 0 aliphatic heterocycles. The zero-order valence-corrected chi connectivity index (χ0v) is 11.7. The van der Waals surface area contributed by atoms with Crippen molar-refractivity contribution in [2.24, 2.45) is 0 Å². The first kappa shape index (κ1) is 14.0. The van der Waals surface area contributed by atoms with Gasteiger partial charge in [0.15, 0.2) is 0 Å². The highest BCUT2D eigenvalue weighted by Crippen LogP contribution is 2.17. The minimum atomic E-state index is -0.323. The summed E-state index contributed by atoms with van der Waals surface area (Å²) in [5.41, 5.74) is 0.368. The van der Waals surface area contributed by atoms with E-state index in [2.05, 4.69) is 20.4 Å². The molecule has 0 aliphatic carbocycles. The zero-order chi connectivity index (χ0) is 14.5. The molecule has 0 spiro atoms. The van der Waals surface area contributed by atoms with Gasteiger partial charge in [0.25, 0.3) is 5.91 Å². The average Bonchev–Trinajstić information content (AvgIpc) is 2.88. The molecule has 0 unspecified atom stereocenters. The van der Waals surface area contributed by atoms with Crippen molar-refractivity contribution in [1.82, 2.24) is 19.7 Å². The van der Waals surface area contributed by atoms with Crippen LogP contribution in [-0.4, -0.2) is 32.3 Å². The number of pyridine rings is 1. The van der Waals surface area contributed by atoms with Crippen LogP contribution in [0.5, 0.6) is 5.88 Å². The fourth-order valence-electron chi connectivity index (χ4n) is 1.70. The number of nitrogens with one attached hydrogen (secondary N) is 1. The number of amides is 1. The maximum absolute atomic E-state index is 12.3. The Bertz CT molecular complexity index is 594. The summed E-state index contributed by atoms with van der Waals surface area (Å²) in [4.78, 5) is 20.4.